The van der Waals surface area contributed by atoms with Crippen LogP contribution in [0.2, 0.25) is 0 Å². The van der Waals surface area contributed by atoms with Gasteiger partial charge in [-0.2, -0.15) is 0 Å². The standard InChI is InChI=1S/C27H33O14P.C26H31O12P.C12H12O6.C8H4Cl2O2.C2H5Cl2O2P.CH4/c1-3-39-42(33,40-18-16-37-26(31)22-6-4-20(5-7-22)24(29)35-13-12-28)41-19-17-38-27(32)23-10-8-21(9-11-23)25(30)36-15-14-34-2;1-4-36-39(31,37-17-15-34-25(29)21-7-5-20(6-8-21)19(2)27)38-18-16-35-26(30)23-11-9-22(10-12-23)24(28)33-14-13-32-3;1-8(14)18-12(16)10-4-2-9(3-5-10)11(15)17-7-6-13;9-7(11)5-1-2-6(4-3-5)8(10)12;1-2-6-7(3,4)5;/h4-11,28H,3,12-19H2,1-2H3;5-12H,4,13-18H2,1-3H3;2-5,13-14H,1,6-7H2;1-4H;2H2,1H3;1H4/i;;;;;1T. The fourth-order valence-electron chi connectivity index (χ4n) is 7.91. The van der Waals surface area contributed by atoms with Gasteiger partial charge in [0.25, 0.3) is 16.4 Å². The topological polar surface area (TPSA) is 483 Å². The fourth-order valence-corrected chi connectivity index (χ4v) is 11.3. The minimum absolute atomic E-state index is 0.00973. The van der Waals surface area contributed by atoms with E-state index in [9.17, 15) is 71.2 Å². The van der Waals surface area contributed by atoms with Crippen LogP contribution in [-0.2, 0) is 97.5 Å². The smallest absolute Gasteiger partial charge is 0.475 e. The van der Waals surface area contributed by atoms with Crippen molar-refractivity contribution in [3.63, 3.8) is 0 Å². The quantitative estimate of drug-likeness (QED) is 0.00608. The number of aliphatic hydroxyl groups excluding tert-OH is 3. The highest BCUT2D eigenvalue weighted by Gasteiger charge is 2.29. The molecule has 3 N–H and O–H groups in total. The number of phosphoric acid groups is 2. The largest absolute Gasteiger partial charge is 0.481 e. The second-order valence-electron chi connectivity index (χ2n) is 21.8. The summed E-state index contributed by atoms with van der Waals surface area (Å²) in [6.45, 7) is 7.19. The third kappa shape index (κ3) is 45.5. The highest BCUT2D eigenvalue weighted by atomic mass is 35.9. The molecule has 0 amide bonds. The molecule has 6 aromatic carbocycles. The third-order valence-electron chi connectivity index (χ3n) is 13.3. The van der Waals surface area contributed by atoms with Crippen molar-refractivity contribution >= 4 is 137 Å². The molecule has 0 spiro atoms. The van der Waals surface area contributed by atoms with Gasteiger partial charge in [0.05, 0.1) is 123 Å². The summed E-state index contributed by atoms with van der Waals surface area (Å²) in [4.78, 5) is 139. The van der Waals surface area contributed by atoms with E-state index in [0.29, 0.717) is 16.7 Å². The number of esters is 9. The maximum atomic E-state index is 12.8. The van der Waals surface area contributed by atoms with Crippen molar-refractivity contribution in [2.45, 2.75) is 35.1 Å². The van der Waals surface area contributed by atoms with E-state index in [1.54, 1.807) is 20.8 Å². The molecule has 0 aromatic heterocycles. The van der Waals surface area contributed by atoms with E-state index in [0.717, 1.165) is 0 Å². The first-order chi connectivity index (χ1) is 57.1. The predicted octanol–water partition coefficient (Wildman–Crippen LogP) is 13.4. The Morgan fingerprint density at radius 2 is 0.521 bits per heavy atom. The van der Waals surface area contributed by atoms with Crippen molar-refractivity contribution in [3.8, 4) is 0 Å². The van der Waals surface area contributed by atoms with Gasteiger partial charge in [-0.15, -0.1) is 0 Å². The van der Waals surface area contributed by atoms with Gasteiger partial charge in [0.2, 0.25) is 0 Å². The summed E-state index contributed by atoms with van der Waals surface area (Å²) in [7, 11) is -3.84. The van der Waals surface area contributed by atoms with Crippen LogP contribution in [0.3, 0.4) is 0 Å². The van der Waals surface area contributed by atoms with E-state index in [4.69, 9.17) is 132 Å². The number of phosphoric ester groups is 2. The number of rotatable bonds is 45. The lowest BCUT2D eigenvalue weighted by molar-refractivity contribution is 0.0318. The Balaban J connectivity index is 0.000000837. The number of hydrogen-bond acceptors (Lipinski definition) is 36. The number of benzene rings is 6. The summed E-state index contributed by atoms with van der Waals surface area (Å²) in [6.07, 6.45) is -3.22. The average molecular weight is 1820 g/mol. The second kappa shape index (κ2) is 60.1. The summed E-state index contributed by atoms with van der Waals surface area (Å²) in [5, 5.41) is 24.8. The highest BCUT2D eigenvalue weighted by Crippen LogP contribution is 2.57. The number of carbonyl (C=O) groups is 12. The van der Waals surface area contributed by atoms with Crippen LogP contribution in [0.5, 0.6) is 0 Å². The molecule has 2 unspecified atom stereocenters. The molecular formula is C76H89Cl4O36P3. The Bertz CT molecular complexity index is 4310. The number of halogens is 4. The van der Waals surface area contributed by atoms with Crippen LogP contribution in [-0.4, -0.2) is 225 Å². The number of carbonyl (C=O) groups excluding carboxylic acids is 12. The van der Waals surface area contributed by atoms with Gasteiger partial charge in [-0.1, -0.05) is 19.5 Å². The van der Waals surface area contributed by atoms with Gasteiger partial charge in [-0.05, 0) is 213 Å². The van der Waals surface area contributed by atoms with E-state index in [-0.39, 0.29) is 181 Å². The first kappa shape index (κ1) is 106. The summed E-state index contributed by atoms with van der Waals surface area (Å²) < 4.78 is 130. The van der Waals surface area contributed by atoms with E-state index in [2.05, 4.69) is 20.6 Å². The fraction of sp³-hybridized carbons (Fsp3) is 0.342. The number of ether oxygens (including phenoxy) is 11. The first-order valence-corrected chi connectivity index (χ1v) is 41.6. The van der Waals surface area contributed by atoms with Crippen LogP contribution in [0.15, 0.2) is 158 Å². The van der Waals surface area contributed by atoms with E-state index in [1.807, 2.05) is 0 Å². The number of aliphatic hydroxyl groups is 3. The summed E-state index contributed by atoms with van der Waals surface area (Å²) in [5.74, 6) is -6.73. The number of ketones is 1. The molecule has 0 radical (unpaired) electrons. The Hall–Kier alpha value is -9.49. The molecule has 0 fully saturated rings. The van der Waals surface area contributed by atoms with Crippen LogP contribution in [0, 0.1) is 0 Å². The number of hydrogen-bond donors (Lipinski definition) is 3. The minimum Gasteiger partial charge on any atom is -0.481 e. The zero-order valence-corrected chi connectivity index (χ0v) is 70.9. The lowest BCUT2D eigenvalue weighted by atomic mass is 10.1. The lowest BCUT2D eigenvalue weighted by Gasteiger charge is -2.17. The van der Waals surface area contributed by atoms with Gasteiger partial charge >= 0.3 is 75.4 Å². The zero-order chi connectivity index (χ0) is 90.1. The first-order valence-electron chi connectivity index (χ1n) is 35.5. The average Bonchev–Trinajstić information content (AvgIpc) is 0.867. The van der Waals surface area contributed by atoms with Crippen molar-refractivity contribution in [1.29, 1.82) is 0 Å². The monoisotopic (exact) mass is 1810 g/mol. The van der Waals surface area contributed by atoms with Crippen molar-refractivity contribution in [2.24, 2.45) is 0 Å². The summed E-state index contributed by atoms with van der Waals surface area (Å²) >= 11 is 20.2. The van der Waals surface area contributed by atoms with Crippen LogP contribution in [0.4, 0.5) is 0 Å². The second-order valence-corrected chi connectivity index (χ2v) is 30.1. The van der Waals surface area contributed by atoms with Gasteiger partial charge in [0.15, 0.2) is 5.78 Å². The minimum atomic E-state index is -4.05. The zero-order valence-electron chi connectivity index (χ0n) is 66.2. The molecule has 119 heavy (non-hydrogen) atoms. The molecule has 2 atom stereocenters. The van der Waals surface area contributed by atoms with Crippen LogP contribution in [0.25, 0.3) is 0 Å². The Labute approximate surface area is 705 Å². The van der Waals surface area contributed by atoms with E-state index >= 15 is 0 Å². The Morgan fingerprint density at radius 1 is 0.328 bits per heavy atom. The molecule has 0 bridgehead atoms. The normalized spacial score (nSPS) is 11.5. The molecule has 6 rings (SSSR count). The van der Waals surface area contributed by atoms with Crippen molar-refractivity contribution in [1.82, 2.24) is 0 Å². The van der Waals surface area contributed by atoms with Gasteiger partial charge < -0.3 is 71.9 Å². The van der Waals surface area contributed by atoms with Crippen molar-refractivity contribution in [2.75, 3.05) is 140 Å². The third-order valence-corrected chi connectivity index (χ3v) is 18.0. The molecule has 0 heterocycles. The van der Waals surface area contributed by atoms with Gasteiger partial charge in [-0.25, -0.2) is 52.3 Å². The van der Waals surface area contributed by atoms with Gasteiger partial charge in [-0.3, -0.25) is 46.1 Å². The molecule has 36 nitrogen and oxygen atoms in total. The molecule has 43 heteroatoms. The summed E-state index contributed by atoms with van der Waals surface area (Å²) in [5.41, 5.74) is 3.00. The maximum Gasteiger partial charge on any atom is 0.475 e. The summed E-state index contributed by atoms with van der Waals surface area (Å²) in [6, 6.07) is 33.9. The Morgan fingerprint density at radius 3 is 0.689 bits per heavy atom. The molecular weight excluding hydrogens is 1720 g/mol. The predicted molar refractivity (Wildman–Crippen MR) is 426 cm³/mol. The van der Waals surface area contributed by atoms with Crippen LogP contribution >= 0.6 is 67.4 Å². The van der Waals surface area contributed by atoms with Crippen LogP contribution < -0.4 is 0 Å². The van der Waals surface area contributed by atoms with E-state index < -0.39 is 91.9 Å². The van der Waals surface area contributed by atoms with Crippen LogP contribution in [0.1, 0.15) is 161 Å². The molecule has 652 valence electrons. The lowest BCUT2D eigenvalue weighted by Crippen LogP contribution is -2.14. The van der Waals surface area contributed by atoms with Crippen molar-refractivity contribution < 1.29 is 172 Å². The van der Waals surface area contributed by atoms with E-state index in [1.165, 1.54) is 174 Å². The number of methoxy groups -OCH3 is 2. The maximum absolute atomic E-state index is 12.8. The van der Waals surface area contributed by atoms with Gasteiger partial charge in [0, 0.05) is 32.3 Å². The highest BCUT2D eigenvalue weighted by molar-refractivity contribution is 8.05. The number of Topliss-reactive ketones (excluding diaryl/α,β-unsaturated/α-hetero) is 1. The SMILES string of the molecule is C=C(O)OC(=O)c1ccc(C(=O)OCCO)cc1.CCOP(=O)(Cl)Cl.CCOP(=O)(OCCOC(=O)c1ccc(C(=O)OCCO)cc1)OCCOC(=O)c1ccc(C(=O)OCCOC)cc1.CCOP(=O)(OCCOC(=O)c1ccc(C(C)=O)cc1)OCCOC(=O)c1ccc(C(=O)OCCOC)cc1.O=C(Cl)c1ccc(C(=O)Cl)cc1.[3H]C. The molecule has 0 aliphatic heterocycles. The molecule has 0 aliphatic carbocycles. The molecule has 0 saturated carbocycles. The molecule has 0 aliphatic rings. The molecule has 6 aromatic rings. The Kier molecular flexibility index (Phi) is 53.3. The molecule has 0 saturated heterocycles. The van der Waals surface area contributed by atoms with Gasteiger partial charge in [0.1, 0.15) is 52.9 Å². The van der Waals surface area contributed by atoms with Crippen molar-refractivity contribution in [3.05, 3.63) is 225 Å².